The van der Waals surface area contributed by atoms with E-state index in [0.717, 1.165) is 32.0 Å². The Hall–Kier alpha value is -0.780. The normalized spacial score (nSPS) is 39.9. The summed E-state index contributed by atoms with van der Waals surface area (Å²) >= 11 is 0. The van der Waals surface area contributed by atoms with Crippen molar-refractivity contribution in [1.29, 1.82) is 0 Å². The zero-order valence-electron chi connectivity index (χ0n) is 20.7. The van der Waals surface area contributed by atoms with Crippen molar-refractivity contribution in [3.8, 4) is 0 Å². The van der Waals surface area contributed by atoms with Gasteiger partial charge in [0, 0.05) is 13.0 Å². The molecule has 3 saturated carbocycles. The minimum Gasteiger partial charge on any atom is -0.393 e. The molecule has 188 valence electrons. The van der Waals surface area contributed by atoms with Crippen molar-refractivity contribution in [3.63, 3.8) is 0 Å². The smallest absolute Gasteiger partial charge is 0.238 e. The number of fused-ring (bicyclic) bond motifs is 1. The van der Waals surface area contributed by atoms with Crippen LogP contribution in [0.5, 0.6) is 0 Å². The predicted molar refractivity (Wildman–Crippen MR) is 129 cm³/mol. The van der Waals surface area contributed by atoms with Gasteiger partial charge in [-0.1, -0.05) is 37.1 Å². The standard InChI is InChI=1S/C28H45F2NO2/c1-19(9-12-31-13-10-21(18-31)16-27(29)30)25-7-8-26-22(4-3-11-28(25,26)2)6-5-20-14-23(32)17-24(33)15-20/h5-6,19,21,23-27,32-33H,3-4,7-18H2,1-2H3/t19?,21?,23-,24-,25-,26+,28-/m1/s1. The highest BCUT2D eigenvalue weighted by Crippen LogP contribution is 2.59. The van der Waals surface area contributed by atoms with E-state index in [9.17, 15) is 19.0 Å². The van der Waals surface area contributed by atoms with Gasteiger partial charge in [0.25, 0.3) is 0 Å². The van der Waals surface area contributed by atoms with E-state index in [-0.39, 0.29) is 12.3 Å². The van der Waals surface area contributed by atoms with Gasteiger partial charge >= 0.3 is 0 Å². The molecule has 0 spiro atoms. The van der Waals surface area contributed by atoms with E-state index in [0.29, 0.717) is 36.5 Å². The molecule has 1 heterocycles. The molecule has 0 radical (unpaired) electrons. The molecule has 0 aromatic heterocycles. The van der Waals surface area contributed by atoms with E-state index in [2.05, 4.69) is 30.9 Å². The third kappa shape index (κ3) is 6.08. The number of allylic oxidation sites excluding steroid dienone is 3. The van der Waals surface area contributed by atoms with Crippen LogP contribution in [-0.2, 0) is 0 Å². The van der Waals surface area contributed by atoms with E-state index < -0.39 is 18.6 Å². The Morgan fingerprint density at radius 2 is 1.88 bits per heavy atom. The molecule has 0 amide bonds. The van der Waals surface area contributed by atoms with Crippen LogP contribution in [0.2, 0.25) is 0 Å². The zero-order chi connectivity index (χ0) is 23.6. The first-order valence-corrected chi connectivity index (χ1v) is 13.5. The first-order valence-electron chi connectivity index (χ1n) is 13.5. The SMILES string of the molecule is CC(CCN1CCC(CC(F)F)C1)[C@H]1CC[C@H]2C(=CC=C3C[C@@H](O)C[C@H](O)C3)CCC[C@]12C. The maximum atomic E-state index is 12.7. The van der Waals surface area contributed by atoms with Gasteiger partial charge in [-0.15, -0.1) is 0 Å². The average Bonchev–Trinajstić information content (AvgIpc) is 3.33. The number of rotatable bonds is 7. The second-order valence-electron chi connectivity index (χ2n) is 12.0. The molecule has 4 fully saturated rings. The quantitative estimate of drug-likeness (QED) is 0.487. The van der Waals surface area contributed by atoms with Crippen molar-refractivity contribution < 1.29 is 19.0 Å². The zero-order valence-corrected chi connectivity index (χ0v) is 20.7. The van der Waals surface area contributed by atoms with Crippen LogP contribution in [0, 0.1) is 29.1 Å². The largest absolute Gasteiger partial charge is 0.393 e. The van der Waals surface area contributed by atoms with E-state index in [4.69, 9.17) is 0 Å². The molecule has 2 N–H and O–H groups in total. The van der Waals surface area contributed by atoms with E-state index in [1.54, 1.807) is 5.57 Å². The lowest BCUT2D eigenvalue weighted by Gasteiger charge is -2.44. The first kappa shape index (κ1) is 25.3. The minimum atomic E-state index is -2.17. The van der Waals surface area contributed by atoms with Crippen LogP contribution in [0.25, 0.3) is 0 Å². The van der Waals surface area contributed by atoms with Crippen LogP contribution in [0.3, 0.4) is 0 Å². The first-order chi connectivity index (χ1) is 15.7. The molecular weight excluding hydrogens is 420 g/mol. The van der Waals surface area contributed by atoms with E-state index in [1.165, 1.54) is 44.1 Å². The van der Waals surface area contributed by atoms with Crippen molar-refractivity contribution in [3.05, 3.63) is 23.3 Å². The monoisotopic (exact) mass is 465 g/mol. The van der Waals surface area contributed by atoms with Gasteiger partial charge in [-0.05, 0) is 106 Å². The van der Waals surface area contributed by atoms with Gasteiger partial charge in [-0.2, -0.15) is 0 Å². The number of hydrogen-bond acceptors (Lipinski definition) is 3. The maximum Gasteiger partial charge on any atom is 0.238 e. The maximum absolute atomic E-state index is 12.7. The summed E-state index contributed by atoms with van der Waals surface area (Å²) in [5.74, 6) is 2.23. The van der Waals surface area contributed by atoms with Gasteiger partial charge < -0.3 is 15.1 Å². The van der Waals surface area contributed by atoms with Crippen molar-refractivity contribution in [2.24, 2.45) is 29.1 Å². The molecule has 5 heteroatoms. The summed E-state index contributed by atoms with van der Waals surface area (Å²) in [6.07, 6.45) is 11.9. The Balaban J connectivity index is 1.34. The average molecular weight is 466 g/mol. The molecule has 1 saturated heterocycles. The number of alkyl halides is 2. The Bertz CT molecular complexity index is 711. The van der Waals surface area contributed by atoms with Gasteiger partial charge in [0.15, 0.2) is 0 Å². The molecule has 7 atom stereocenters. The highest BCUT2D eigenvalue weighted by molar-refractivity contribution is 5.26. The second kappa shape index (κ2) is 10.9. The molecule has 2 unspecified atom stereocenters. The lowest BCUT2D eigenvalue weighted by Crippen LogP contribution is -2.37. The molecule has 1 aliphatic heterocycles. The molecule has 0 bridgehead atoms. The summed E-state index contributed by atoms with van der Waals surface area (Å²) in [6, 6.07) is 0. The van der Waals surface area contributed by atoms with Crippen molar-refractivity contribution >= 4 is 0 Å². The summed E-state index contributed by atoms with van der Waals surface area (Å²) in [4.78, 5) is 2.42. The Labute approximate surface area is 199 Å². The topological polar surface area (TPSA) is 43.7 Å². The number of hydrogen-bond donors (Lipinski definition) is 2. The van der Waals surface area contributed by atoms with E-state index >= 15 is 0 Å². The van der Waals surface area contributed by atoms with Crippen LogP contribution < -0.4 is 0 Å². The van der Waals surface area contributed by atoms with Crippen LogP contribution in [0.4, 0.5) is 8.78 Å². The fourth-order valence-electron chi connectivity index (χ4n) is 7.89. The summed E-state index contributed by atoms with van der Waals surface area (Å²) < 4.78 is 25.4. The van der Waals surface area contributed by atoms with Crippen molar-refractivity contribution in [1.82, 2.24) is 4.90 Å². The summed E-state index contributed by atoms with van der Waals surface area (Å²) in [5, 5.41) is 20.0. The van der Waals surface area contributed by atoms with Crippen LogP contribution in [0.15, 0.2) is 23.3 Å². The number of likely N-dealkylation sites (tertiary alicyclic amines) is 1. The lowest BCUT2D eigenvalue weighted by atomic mass is 9.61. The molecule has 4 aliphatic rings. The molecule has 33 heavy (non-hydrogen) atoms. The van der Waals surface area contributed by atoms with Crippen molar-refractivity contribution in [2.45, 2.75) is 103 Å². The minimum absolute atomic E-state index is 0.0671. The van der Waals surface area contributed by atoms with Gasteiger partial charge in [0.1, 0.15) is 0 Å². The molecule has 0 aromatic carbocycles. The van der Waals surface area contributed by atoms with Gasteiger partial charge in [-0.3, -0.25) is 0 Å². The van der Waals surface area contributed by atoms with Crippen molar-refractivity contribution in [2.75, 3.05) is 19.6 Å². The Kier molecular flexibility index (Phi) is 8.34. The highest BCUT2D eigenvalue weighted by Gasteiger charge is 2.50. The Morgan fingerprint density at radius 1 is 1.12 bits per heavy atom. The van der Waals surface area contributed by atoms with Gasteiger partial charge in [0.05, 0.1) is 12.2 Å². The predicted octanol–water partition coefficient (Wildman–Crippen LogP) is 5.96. The summed E-state index contributed by atoms with van der Waals surface area (Å²) in [6.45, 7) is 7.84. The summed E-state index contributed by atoms with van der Waals surface area (Å²) in [7, 11) is 0. The van der Waals surface area contributed by atoms with Crippen LogP contribution in [-0.4, -0.2) is 53.4 Å². The third-order valence-electron chi connectivity index (χ3n) is 9.58. The fourth-order valence-corrected chi connectivity index (χ4v) is 7.89. The molecule has 3 nitrogen and oxygen atoms in total. The Morgan fingerprint density at radius 3 is 2.61 bits per heavy atom. The third-order valence-corrected chi connectivity index (χ3v) is 9.58. The number of halogens is 2. The highest BCUT2D eigenvalue weighted by atomic mass is 19.3. The van der Waals surface area contributed by atoms with Gasteiger partial charge in [-0.25, -0.2) is 8.78 Å². The number of nitrogens with zero attached hydrogens (tertiary/aromatic N) is 1. The molecule has 4 rings (SSSR count). The lowest BCUT2D eigenvalue weighted by molar-refractivity contribution is 0.0609. The molecular formula is C28H45F2NO2. The van der Waals surface area contributed by atoms with E-state index in [1.807, 2.05) is 0 Å². The van der Waals surface area contributed by atoms with Gasteiger partial charge in [0.2, 0.25) is 6.43 Å². The molecule has 0 aromatic rings. The second-order valence-corrected chi connectivity index (χ2v) is 12.0. The summed E-state index contributed by atoms with van der Waals surface area (Å²) in [5.41, 5.74) is 3.12. The number of aliphatic hydroxyl groups excluding tert-OH is 2. The van der Waals surface area contributed by atoms with Crippen LogP contribution >= 0.6 is 0 Å². The molecule has 3 aliphatic carbocycles. The fraction of sp³-hybridized carbons (Fsp3) is 0.857. The number of aliphatic hydroxyl groups is 2. The van der Waals surface area contributed by atoms with Crippen LogP contribution in [0.1, 0.15) is 84.5 Å².